The lowest BCUT2D eigenvalue weighted by Gasteiger charge is -2.42. The standard InChI is InChI=1S/C35H44N4O7S2/c1-6-21-45-31-10-8-7-9-28(31)35(46-34(41)38-19-17-37(18-20-38)26-13-15-36(4)16-14-26)29-23-27(44-5)11-12-30(29)39(33(35)40)48(42,43)32-22-24(2)47-25(32)3/h7-12,22-23,26H,6,13-21H2,1-5H3. The van der Waals surface area contributed by atoms with Gasteiger partial charge in [0.05, 0.1) is 25.0 Å². The van der Waals surface area contributed by atoms with Crippen LogP contribution in [0.15, 0.2) is 53.4 Å². The zero-order chi connectivity index (χ0) is 34.2. The van der Waals surface area contributed by atoms with Gasteiger partial charge in [0.25, 0.3) is 15.9 Å². The van der Waals surface area contributed by atoms with Crippen LogP contribution in [0.3, 0.4) is 0 Å². The maximum absolute atomic E-state index is 15.1. The smallest absolute Gasteiger partial charge is 0.411 e. The van der Waals surface area contributed by atoms with E-state index in [9.17, 15) is 13.2 Å². The summed E-state index contributed by atoms with van der Waals surface area (Å²) in [5, 5.41) is 0. The number of amides is 2. The SMILES string of the molecule is CCCOc1ccccc1C1(OC(=O)N2CCN(C3CCN(C)CC3)CC2)C(=O)N(S(=O)(=O)c2cc(C)sc2C)c2ccc(OC)cc21. The maximum atomic E-state index is 15.1. The van der Waals surface area contributed by atoms with Crippen LogP contribution in [0, 0.1) is 13.8 Å². The van der Waals surface area contributed by atoms with Crippen molar-refractivity contribution in [2.75, 3.05) is 64.3 Å². The van der Waals surface area contributed by atoms with Crippen LogP contribution in [0.2, 0.25) is 0 Å². The molecule has 2 aromatic carbocycles. The van der Waals surface area contributed by atoms with Crippen molar-refractivity contribution in [3.05, 3.63) is 69.4 Å². The van der Waals surface area contributed by atoms with Gasteiger partial charge in [0.2, 0.25) is 5.60 Å². The van der Waals surface area contributed by atoms with Gasteiger partial charge >= 0.3 is 6.09 Å². The molecule has 11 nitrogen and oxygen atoms in total. The van der Waals surface area contributed by atoms with Crippen LogP contribution < -0.4 is 13.8 Å². The highest BCUT2D eigenvalue weighted by Gasteiger charge is 2.61. The second kappa shape index (κ2) is 13.7. The number of sulfonamides is 1. The first-order chi connectivity index (χ1) is 23.0. The number of hydrogen-bond acceptors (Lipinski definition) is 10. The molecule has 0 spiro atoms. The van der Waals surface area contributed by atoms with Gasteiger partial charge in [-0.15, -0.1) is 11.3 Å². The van der Waals surface area contributed by atoms with Gasteiger partial charge in [0.1, 0.15) is 16.4 Å². The molecule has 0 N–H and O–H groups in total. The molecular formula is C35H44N4O7S2. The molecule has 2 fully saturated rings. The molecule has 0 radical (unpaired) electrons. The first-order valence-corrected chi connectivity index (χ1v) is 18.7. The third-order valence-corrected chi connectivity index (χ3v) is 12.5. The summed E-state index contributed by atoms with van der Waals surface area (Å²) < 4.78 is 47.8. The zero-order valence-electron chi connectivity index (χ0n) is 28.2. The molecule has 0 bridgehead atoms. The van der Waals surface area contributed by atoms with Gasteiger partial charge in [0.15, 0.2) is 0 Å². The predicted octanol–water partition coefficient (Wildman–Crippen LogP) is 4.99. The molecule has 3 aliphatic heterocycles. The average Bonchev–Trinajstić information content (AvgIpc) is 3.57. The van der Waals surface area contributed by atoms with E-state index in [4.69, 9.17) is 14.2 Å². The molecule has 1 unspecified atom stereocenters. The number of anilines is 1. The summed E-state index contributed by atoms with van der Waals surface area (Å²) in [7, 11) is -0.803. The highest BCUT2D eigenvalue weighted by Crippen LogP contribution is 2.53. The van der Waals surface area contributed by atoms with Gasteiger partial charge in [-0.2, -0.15) is 4.31 Å². The number of likely N-dealkylation sites (tertiary alicyclic amines) is 1. The topological polar surface area (TPSA) is 109 Å². The van der Waals surface area contributed by atoms with E-state index in [1.165, 1.54) is 24.5 Å². The maximum Gasteiger partial charge on any atom is 0.411 e. The molecule has 0 saturated carbocycles. The van der Waals surface area contributed by atoms with Crippen LogP contribution in [0.5, 0.6) is 11.5 Å². The lowest BCUT2D eigenvalue weighted by Crippen LogP contribution is -2.55. The lowest BCUT2D eigenvalue weighted by atomic mass is 9.86. The van der Waals surface area contributed by atoms with Crippen molar-refractivity contribution in [3.8, 4) is 11.5 Å². The second-order valence-corrected chi connectivity index (χ2v) is 15.9. The first kappa shape index (κ1) is 34.2. The van der Waals surface area contributed by atoms with Gasteiger partial charge in [-0.1, -0.05) is 25.1 Å². The van der Waals surface area contributed by atoms with Crippen LogP contribution in [0.25, 0.3) is 0 Å². The quantitative estimate of drug-likeness (QED) is 0.306. The van der Waals surface area contributed by atoms with E-state index in [1.54, 1.807) is 54.3 Å². The molecule has 48 heavy (non-hydrogen) atoms. The molecule has 1 atom stereocenters. The number of hydrogen-bond donors (Lipinski definition) is 0. The fourth-order valence-corrected chi connectivity index (χ4v) is 9.99. The van der Waals surface area contributed by atoms with E-state index in [-0.39, 0.29) is 21.7 Å². The zero-order valence-corrected chi connectivity index (χ0v) is 29.9. The number of carbonyl (C=O) groups is 2. The molecule has 6 rings (SSSR count). The number of fused-ring (bicyclic) bond motifs is 1. The monoisotopic (exact) mass is 696 g/mol. The summed E-state index contributed by atoms with van der Waals surface area (Å²) in [5.74, 6) is -0.217. The molecule has 4 heterocycles. The number of para-hydroxylation sites is 1. The number of thiophene rings is 1. The van der Waals surface area contributed by atoms with Crippen molar-refractivity contribution in [3.63, 3.8) is 0 Å². The number of carbonyl (C=O) groups excluding carboxylic acids is 2. The van der Waals surface area contributed by atoms with Gasteiger partial charge in [-0.05, 0) is 83.6 Å². The molecule has 13 heteroatoms. The number of ether oxygens (including phenoxy) is 3. The number of aryl methyl sites for hydroxylation is 2. The predicted molar refractivity (Wildman–Crippen MR) is 185 cm³/mol. The molecule has 3 aromatic rings. The summed E-state index contributed by atoms with van der Waals surface area (Å²) in [6.07, 6.45) is 2.16. The van der Waals surface area contributed by atoms with Crippen LogP contribution >= 0.6 is 11.3 Å². The summed E-state index contributed by atoms with van der Waals surface area (Å²) in [6.45, 7) is 10.1. The highest BCUT2D eigenvalue weighted by molar-refractivity contribution is 7.93. The minimum absolute atomic E-state index is 0.0304. The van der Waals surface area contributed by atoms with Crippen LogP contribution in [0.1, 0.15) is 47.1 Å². The summed E-state index contributed by atoms with van der Waals surface area (Å²) >= 11 is 1.34. The van der Waals surface area contributed by atoms with Crippen molar-refractivity contribution < 1.29 is 32.2 Å². The van der Waals surface area contributed by atoms with Crippen molar-refractivity contribution in [1.82, 2.24) is 14.7 Å². The fraction of sp³-hybridized carbons (Fsp3) is 0.486. The Kier molecular flexibility index (Phi) is 9.76. The Morgan fingerprint density at radius 3 is 2.33 bits per heavy atom. The van der Waals surface area contributed by atoms with Gasteiger partial charge < -0.3 is 24.0 Å². The molecule has 0 aliphatic carbocycles. The number of rotatable bonds is 9. The molecule has 1 aromatic heterocycles. The lowest BCUT2D eigenvalue weighted by molar-refractivity contribution is -0.132. The summed E-state index contributed by atoms with van der Waals surface area (Å²) in [6, 6.07) is 13.6. The van der Waals surface area contributed by atoms with Gasteiger partial charge in [-0.3, -0.25) is 9.69 Å². The first-order valence-electron chi connectivity index (χ1n) is 16.5. The van der Waals surface area contributed by atoms with E-state index in [1.807, 2.05) is 13.8 Å². The Bertz CT molecular complexity index is 1780. The van der Waals surface area contributed by atoms with Crippen molar-refractivity contribution in [2.24, 2.45) is 0 Å². The molecule has 3 aliphatic rings. The number of benzene rings is 2. The Morgan fingerprint density at radius 2 is 1.69 bits per heavy atom. The molecule has 2 amide bonds. The molecular weight excluding hydrogens is 653 g/mol. The minimum atomic E-state index is -4.43. The highest BCUT2D eigenvalue weighted by atomic mass is 32.2. The summed E-state index contributed by atoms with van der Waals surface area (Å²) in [5.41, 5.74) is -1.66. The summed E-state index contributed by atoms with van der Waals surface area (Å²) in [4.78, 5) is 37.1. The van der Waals surface area contributed by atoms with Gasteiger partial charge in [0, 0.05) is 47.5 Å². The Morgan fingerprint density at radius 1 is 0.979 bits per heavy atom. The van der Waals surface area contributed by atoms with Crippen LogP contribution in [0.4, 0.5) is 10.5 Å². The fourth-order valence-electron chi connectivity index (χ4n) is 7.00. The van der Waals surface area contributed by atoms with Crippen molar-refractivity contribution in [1.29, 1.82) is 0 Å². The third-order valence-electron chi connectivity index (χ3n) is 9.55. The number of piperidine rings is 1. The van der Waals surface area contributed by atoms with Crippen molar-refractivity contribution in [2.45, 2.75) is 56.6 Å². The van der Waals surface area contributed by atoms with E-state index in [0.29, 0.717) is 61.6 Å². The third kappa shape index (κ3) is 6.06. The number of methoxy groups -OCH3 is 1. The van der Waals surface area contributed by atoms with E-state index < -0.39 is 27.6 Å². The largest absolute Gasteiger partial charge is 0.497 e. The molecule has 2 saturated heterocycles. The van der Waals surface area contributed by atoms with E-state index >= 15 is 4.79 Å². The Balaban J connectivity index is 1.44. The van der Waals surface area contributed by atoms with Crippen LogP contribution in [-0.2, 0) is 25.2 Å². The molecule has 258 valence electrons. The van der Waals surface area contributed by atoms with Gasteiger partial charge in [-0.25, -0.2) is 13.2 Å². The normalized spacial score (nSPS) is 21.0. The van der Waals surface area contributed by atoms with Crippen molar-refractivity contribution >= 4 is 39.0 Å². The van der Waals surface area contributed by atoms with E-state index in [0.717, 1.165) is 35.1 Å². The number of nitrogens with zero attached hydrogens (tertiary/aromatic N) is 4. The number of piperazine rings is 1. The Hall–Kier alpha value is -3.65. The second-order valence-electron chi connectivity index (χ2n) is 12.7. The average molecular weight is 697 g/mol. The van der Waals surface area contributed by atoms with E-state index in [2.05, 4.69) is 16.8 Å². The minimum Gasteiger partial charge on any atom is -0.497 e. The Labute approximate surface area is 287 Å². The van der Waals surface area contributed by atoms with Crippen LogP contribution in [-0.4, -0.2) is 101 Å².